The summed E-state index contributed by atoms with van der Waals surface area (Å²) in [6.07, 6.45) is -0.0923. The number of pyridine rings is 1. The first kappa shape index (κ1) is 21.2. The summed E-state index contributed by atoms with van der Waals surface area (Å²) in [4.78, 5) is 30.7. The van der Waals surface area contributed by atoms with Gasteiger partial charge in [0, 0.05) is 17.0 Å². The number of carbonyl (C=O) groups excluding carboxylic acids is 2. The molecule has 0 aliphatic heterocycles. The van der Waals surface area contributed by atoms with E-state index in [0.717, 1.165) is 21.2 Å². The van der Waals surface area contributed by atoms with Crippen molar-refractivity contribution >= 4 is 44.7 Å². The van der Waals surface area contributed by atoms with Gasteiger partial charge in [-0.3, -0.25) is 0 Å². The Morgan fingerprint density at radius 2 is 1.52 bits per heavy atom. The third kappa shape index (κ3) is 5.42. The zero-order valence-corrected chi connectivity index (χ0v) is 18.3. The van der Waals surface area contributed by atoms with Crippen molar-refractivity contribution in [1.82, 2.24) is 4.98 Å². The van der Waals surface area contributed by atoms with Crippen molar-refractivity contribution in [3.63, 3.8) is 0 Å². The molecule has 0 spiro atoms. The van der Waals surface area contributed by atoms with Crippen LogP contribution >= 0.6 is 15.9 Å². The summed E-state index contributed by atoms with van der Waals surface area (Å²) in [5, 5.41) is 1.71. The lowest BCUT2D eigenvalue weighted by Crippen LogP contribution is -2.44. The van der Waals surface area contributed by atoms with E-state index in [-0.39, 0.29) is 5.82 Å². The molecule has 1 aromatic carbocycles. The highest BCUT2D eigenvalue weighted by Crippen LogP contribution is 2.34. The maximum Gasteiger partial charge on any atom is 0.425 e. The van der Waals surface area contributed by atoms with Crippen LogP contribution in [0.25, 0.3) is 10.8 Å². The van der Waals surface area contributed by atoms with E-state index in [1.54, 1.807) is 47.7 Å². The normalized spacial score (nSPS) is 12.0. The average Bonchev–Trinajstić information content (AvgIpc) is 2.46. The van der Waals surface area contributed by atoms with Gasteiger partial charge in [0.2, 0.25) is 0 Å². The number of fused-ring (bicyclic) bond motifs is 1. The van der Waals surface area contributed by atoms with E-state index in [1.165, 1.54) is 0 Å². The number of hydrogen-bond donors (Lipinski definition) is 0. The van der Waals surface area contributed by atoms with Gasteiger partial charge in [0.05, 0.1) is 4.47 Å². The van der Waals surface area contributed by atoms with Crippen molar-refractivity contribution in [2.45, 2.75) is 59.7 Å². The minimum Gasteiger partial charge on any atom is -0.443 e. The third-order valence-electron chi connectivity index (χ3n) is 3.33. The van der Waals surface area contributed by atoms with Crippen molar-refractivity contribution < 1.29 is 19.1 Å². The molecular weight excluding hydrogens is 412 g/mol. The van der Waals surface area contributed by atoms with E-state index in [2.05, 4.69) is 20.9 Å². The van der Waals surface area contributed by atoms with Crippen LogP contribution < -0.4 is 4.90 Å². The van der Waals surface area contributed by atoms with Crippen LogP contribution in [0.15, 0.2) is 28.9 Å². The van der Waals surface area contributed by atoms with E-state index in [9.17, 15) is 9.59 Å². The molecule has 0 saturated heterocycles. The number of nitrogens with zero attached hydrogens (tertiary/aromatic N) is 2. The van der Waals surface area contributed by atoms with Crippen molar-refractivity contribution in [1.29, 1.82) is 0 Å². The smallest absolute Gasteiger partial charge is 0.425 e. The van der Waals surface area contributed by atoms with Gasteiger partial charge in [0.1, 0.15) is 11.2 Å². The van der Waals surface area contributed by atoms with E-state index in [1.807, 2.05) is 25.1 Å². The summed E-state index contributed by atoms with van der Waals surface area (Å²) >= 11 is 3.49. The van der Waals surface area contributed by atoms with Crippen molar-refractivity contribution in [2.75, 3.05) is 4.90 Å². The molecule has 0 N–H and O–H groups in total. The third-order valence-corrected chi connectivity index (χ3v) is 4.11. The molecule has 0 atom stereocenters. The summed E-state index contributed by atoms with van der Waals surface area (Å²) in [6, 6.07) is 5.85. The Labute approximate surface area is 168 Å². The second-order valence-corrected chi connectivity index (χ2v) is 9.08. The molecule has 1 aromatic heterocycles. The summed E-state index contributed by atoms with van der Waals surface area (Å²) in [5.74, 6) is 0.122. The second kappa shape index (κ2) is 7.46. The summed E-state index contributed by atoms with van der Waals surface area (Å²) in [7, 11) is 0. The minimum absolute atomic E-state index is 0.122. The lowest BCUT2D eigenvalue weighted by atomic mass is 10.1. The molecule has 27 heavy (non-hydrogen) atoms. The van der Waals surface area contributed by atoms with Gasteiger partial charge in [-0.2, -0.15) is 4.90 Å². The molecular formula is C20H25BrN2O4. The Morgan fingerprint density at radius 1 is 1.00 bits per heavy atom. The molecule has 0 aliphatic carbocycles. The summed E-state index contributed by atoms with van der Waals surface area (Å²) in [6.45, 7) is 12.3. The molecule has 0 bridgehead atoms. The zero-order chi connectivity index (χ0) is 20.6. The molecule has 7 heteroatoms. The maximum absolute atomic E-state index is 12.8. The van der Waals surface area contributed by atoms with Crippen LogP contribution in [-0.4, -0.2) is 28.4 Å². The number of aryl methyl sites for hydroxylation is 1. The molecule has 0 aliphatic rings. The Hall–Kier alpha value is -2.15. The molecule has 0 radical (unpaired) electrons. The first-order valence-corrected chi connectivity index (χ1v) is 9.39. The molecule has 2 rings (SSSR count). The lowest BCUT2D eigenvalue weighted by Gasteiger charge is -2.28. The number of imide groups is 1. The molecule has 2 aromatic rings. The fraction of sp³-hybridized carbons (Fsp3) is 0.450. The first-order chi connectivity index (χ1) is 12.3. The highest BCUT2D eigenvalue weighted by molar-refractivity contribution is 9.10. The van der Waals surface area contributed by atoms with E-state index in [4.69, 9.17) is 9.47 Å². The van der Waals surface area contributed by atoms with E-state index in [0.29, 0.717) is 4.47 Å². The fourth-order valence-corrected chi connectivity index (χ4v) is 2.92. The van der Waals surface area contributed by atoms with Gasteiger partial charge in [0.25, 0.3) is 0 Å². The van der Waals surface area contributed by atoms with Crippen LogP contribution in [0.4, 0.5) is 15.4 Å². The topological polar surface area (TPSA) is 68.7 Å². The predicted molar refractivity (Wildman–Crippen MR) is 109 cm³/mol. The Kier molecular flexibility index (Phi) is 5.85. The SMILES string of the molecule is Cc1ccc2cnc(N(C(=O)OC(C)(C)C)C(=O)OC(C)(C)C)c(Br)c2c1. The van der Waals surface area contributed by atoms with Gasteiger partial charge >= 0.3 is 12.2 Å². The number of ether oxygens (including phenoxy) is 2. The molecule has 1 heterocycles. The van der Waals surface area contributed by atoms with Gasteiger partial charge in [-0.05, 0) is 64.4 Å². The monoisotopic (exact) mass is 436 g/mol. The molecule has 146 valence electrons. The summed E-state index contributed by atoms with van der Waals surface area (Å²) < 4.78 is 11.3. The first-order valence-electron chi connectivity index (χ1n) is 8.59. The molecule has 2 amide bonds. The van der Waals surface area contributed by atoms with Crippen molar-refractivity contribution in [3.8, 4) is 0 Å². The van der Waals surface area contributed by atoms with Crippen LogP contribution in [0, 0.1) is 6.92 Å². The molecule has 0 fully saturated rings. The highest BCUT2D eigenvalue weighted by atomic mass is 79.9. The fourth-order valence-electron chi connectivity index (χ4n) is 2.30. The molecule has 0 unspecified atom stereocenters. The van der Waals surface area contributed by atoms with Crippen molar-refractivity contribution in [3.05, 3.63) is 34.4 Å². The van der Waals surface area contributed by atoms with Crippen LogP contribution in [0.5, 0.6) is 0 Å². The van der Waals surface area contributed by atoms with E-state index >= 15 is 0 Å². The van der Waals surface area contributed by atoms with E-state index < -0.39 is 23.4 Å². The second-order valence-electron chi connectivity index (χ2n) is 8.28. The van der Waals surface area contributed by atoms with Crippen LogP contribution in [0.2, 0.25) is 0 Å². The number of anilines is 1. The average molecular weight is 437 g/mol. The minimum atomic E-state index is -0.850. The predicted octanol–water partition coefficient (Wildman–Crippen LogP) is 5.98. The molecule has 6 nitrogen and oxygen atoms in total. The van der Waals surface area contributed by atoms with Gasteiger partial charge < -0.3 is 9.47 Å². The number of carbonyl (C=O) groups is 2. The number of rotatable bonds is 1. The van der Waals surface area contributed by atoms with Gasteiger partial charge in [-0.15, -0.1) is 0 Å². The maximum atomic E-state index is 12.8. The van der Waals surface area contributed by atoms with Gasteiger partial charge in [-0.1, -0.05) is 23.8 Å². The lowest BCUT2D eigenvalue weighted by molar-refractivity contribution is 0.0429. The Morgan fingerprint density at radius 3 is 2.00 bits per heavy atom. The quantitative estimate of drug-likeness (QED) is 0.549. The standard InChI is InChI=1S/C20H25BrN2O4/c1-12-8-9-13-11-22-16(15(21)14(13)10-12)23(17(24)26-19(2,3)4)18(25)27-20(5,6)7/h8-11H,1-7H3. The van der Waals surface area contributed by atoms with Crippen molar-refractivity contribution in [2.24, 2.45) is 0 Å². The summed E-state index contributed by atoms with van der Waals surface area (Å²) in [5.41, 5.74) is -0.518. The Bertz CT molecular complexity index is 854. The number of halogens is 1. The number of aromatic nitrogens is 1. The number of benzene rings is 1. The highest BCUT2D eigenvalue weighted by Gasteiger charge is 2.35. The zero-order valence-electron chi connectivity index (χ0n) is 16.7. The number of amides is 2. The van der Waals surface area contributed by atoms with Gasteiger partial charge in [-0.25, -0.2) is 14.6 Å². The Balaban J connectivity index is 2.59. The largest absolute Gasteiger partial charge is 0.443 e. The van der Waals surface area contributed by atoms with Gasteiger partial charge in [0.15, 0.2) is 5.82 Å². The number of hydrogen-bond acceptors (Lipinski definition) is 5. The van der Waals surface area contributed by atoms with Crippen LogP contribution in [0.1, 0.15) is 47.1 Å². The van der Waals surface area contributed by atoms with Crippen LogP contribution in [-0.2, 0) is 9.47 Å². The van der Waals surface area contributed by atoms with Crippen LogP contribution in [0.3, 0.4) is 0 Å². The molecule has 0 saturated carbocycles.